The molecule has 1 aliphatic heterocycles. The standard InChI is InChI=1S/C18H17F6N3/c1-10-13(9-25)16(17(19,20)21,18(22,23)24)27-14(26-10)11-5-7-12(8-6-11)15(2,3)4/h5-8H,1-4H3,(H,26,27). The van der Waals surface area contributed by atoms with Crippen molar-refractivity contribution < 1.29 is 26.3 Å². The van der Waals surface area contributed by atoms with Gasteiger partial charge >= 0.3 is 12.4 Å². The van der Waals surface area contributed by atoms with Crippen molar-refractivity contribution in [3.05, 3.63) is 46.7 Å². The van der Waals surface area contributed by atoms with Gasteiger partial charge in [-0.2, -0.15) is 31.6 Å². The van der Waals surface area contributed by atoms with E-state index in [1.165, 1.54) is 12.1 Å². The second-order valence-corrected chi connectivity index (χ2v) is 7.23. The predicted octanol–water partition coefficient (Wildman–Crippen LogP) is 4.99. The van der Waals surface area contributed by atoms with Crippen LogP contribution in [0.2, 0.25) is 0 Å². The van der Waals surface area contributed by atoms with E-state index in [1.807, 2.05) is 20.8 Å². The SMILES string of the molecule is CC1=C(C#N)C(C(F)(F)F)(C(F)(F)F)N=C(c2ccc(C(C)(C)C)cc2)N1. The molecule has 0 amide bonds. The molecule has 0 atom stereocenters. The zero-order valence-corrected chi connectivity index (χ0v) is 15.0. The maximum atomic E-state index is 13.6. The summed E-state index contributed by atoms with van der Waals surface area (Å²) in [7, 11) is 0. The lowest BCUT2D eigenvalue weighted by Gasteiger charge is -2.37. The highest BCUT2D eigenvalue weighted by molar-refractivity contribution is 6.01. The van der Waals surface area contributed by atoms with Crippen LogP contribution in [-0.4, -0.2) is 23.7 Å². The van der Waals surface area contributed by atoms with Crippen molar-refractivity contribution in [2.24, 2.45) is 4.99 Å². The zero-order chi connectivity index (χ0) is 20.8. The van der Waals surface area contributed by atoms with Crippen molar-refractivity contribution >= 4 is 5.84 Å². The summed E-state index contributed by atoms with van der Waals surface area (Å²) >= 11 is 0. The van der Waals surface area contributed by atoms with E-state index in [2.05, 4.69) is 10.3 Å². The number of rotatable bonds is 1. The second kappa shape index (κ2) is 6.29. The van der Waals surface area contributed by atoms with Crippen LogP contribution in [0.3, 0.4) is 0 Å². The summed E-state index contributed by atoms with van der Waals surface area (Å²) in [5.41, 5.74) is -6.01. The quantitative estimate of drug-likeness (QED) is 0.688. The Morgan fingerprint density at radius 3 is 1.81 bits per heavy atom. The first-order valence-corrected chi connectivity index (χ1v) is 7.88. The van der Waals surface area contributed by atoms with E-state index in [0.717, 1.165) is 18.6 Å². The highest BCUT2D eigenvalue weighted by atomic mass is 19.4. The van der Waals surface area contributed by atoms with Crippen molar-refractivity contribution in [3.8, 4) is 6.07 Å². The summed E-state index contributed by atoms with van der Waals surface area (Å²) in [4.78, 5) is 3.00. The molecule has 1 N–H and O–H groups in total. The molecule has 146 valence electrons. The first-order chi connectivity index (χ1) is 12.1. The van der Waals surface area contributed by atoms with Crippen LogP contribution in [0.15, 0.2) is 40.5 Å². The lowest BCUT2D eigenvalue weighted by molar-refractivity contribution is -0.281. The van der Waals surface area contributed by atoms with Crippen molar-refractivity contribution in [1.29, 1.82) is 5.26 Å². The van der Waals surface area contributed by atoms with Crippen LogP contribution >= 0.6 is 0 Å². The lowest BCUT2D eigenvalue weighted by atomic mass is 9.85. The molecule has 0 bridgehead atoms. The van der Waals surface area contributed by atoms with Gasteiger partial charge < -0.3 is 5.32 Å². The highest BCUT2D eigenvalue weighted by Crippen LogP contribution is 2.52. The van der Waals surface area contributed by atoms with Crippen LogP contribution < -0.4 is 5.32 Å². The molecule has 0 unspecified atom stereocenters. The fourth-order valence-electron chi connectivity index (χ4n) is 2.76. The molecule has 0 radical (unpaired) electrons. The Bertz CT molecular complexity index is 816. The molecular formula is C18H17F6N3. The largest absolute Gasteiger partial charge is 0.427 e. The maximum Gasteiger partial charge on any atom is 0.427 e. The average Bonchev–Trinajstić information content (AvgIpc) is 2.51. The van der Waals surface area contributed by atoms with Crippen LogP contribution in [0.25, 0.3) is 0 Å². The third kappa shape index (κ3) is 3.40. The molecule has 0 aromatic heterocycles. The molecular weight excluding hydrogens is 372 g/mol. The first kappa shape index (κ1) is 20.8. The second-order valence-electron chi connectivity index (χ2n) is 7.23. The summed E-state index contributed by atoms with van der Waals surface area (Å²) in [6, 6.07) is 7.05. The molecule has 0 fully saturated rings. The fourth-order valence-corrected chi connectivity index (χ4v) is 2.76. The maximum absolute atomic E-state index is 13.6. The number of alkyl halides is 6. The molecule has 2 rings (SSSR count). The summed E-state index contributed by atoms with van der Waals surface area (Å²) in [6.07, 6.45) is -11.7. The molecule has 3 nitrogen and oxygen atoms in total. The van der Waals surface area contributed by atoms with Gasteiger partial charge in [0, 0.05) is 11.3 Å². The minimum atomic E-state index is -5.84. The van der Waals surface area contributed by atoms with E-state index < -0.39 is 35.0 Å². The van der Waals surface area contributed by atoms with Gasteiger partial charge in [-0.15, -0.1) is 0 Å². The third-order valence-corrected chi connectivity index (χ3v) is 4.28. The van der Waals surface area contributed by atoms with Crippen molar-refractivity contribution in [2.45, 2.75) is 51.0 Å². The normalized spacial score (nSPS) is 17.9. The van der Waals surface area contributed by atoms with Crippen molar-refractivity contribution in [3.63, 3.8) is 0 Å². The van der Waals surface area contributed by atoms with Crippen molar-refractivity contribution in [2.75, 3.05) is 0 Å². The Morgan fingerprint density at radius 1 is 0.963 bits per heavy atom. The number of benzene rings is 1. The van der Waals surface area contributed by atoms with Gasteiger partial charge in [0.05, 0.1) is 11.6 Å². The topological polar surface area (TPSA) is 48.2 Å². The number of hydrogen-bond donors (Lipinski definition) is 1. The van der Waals surface area contributed by atoms with Crippen LogP contribution in [-0.2, 0) is 5.41 Å². The van der Waals surface area contributed by atoms with E-state index in [0.29, 0.717) is 0 Å². The fraction of sp³-hybridized carbons (Fsp3) is 0.444. The molecule has 1 heterocycles. The van der Waals surface area contributed by atoms with E-state index in [9.17, 15) is 26.3 Å². The van der Waals surface area contributed by atoms with Gasteiger partial charge in [0.1, 0.15) is 5.84 Å². The minimum Gasteiger partial charge on any atom is -0.343 e. The third-order valence-electron chi connectivity index (χ3n) is 4.28. The van der Waals surface area contributed by atoms with Crippen molar-refractivity contribution in [1.82, 2.24) is 5.32 Å². The molecule has 27 heavy (non-hydrogen) atoms. The number of allylic oxidation sites excluding steroid dienone is 1. The van der Waals surface area contributed by atoms with E-state index >= 15 is 0 Å². The number of halogens is 6. The van der Waals surface area contributed by atoms with Crippen LogP contribution in [0, 0.1) is 11.3 Å². The molecule has 0 spiro atoms. The molecule has 1 aliphatic rings. The van der Waals surface area contributed by atoms with E-state index in [1.54, 1.807) is 12.1 Å². The smallest absolute Gasteiger partial charge is 0.343 e. The zero-order valence-electron chi connectivity index (χ0n) is 15.0. The number of nitriles is 1. The van der Waals surface area contributed by atoms with Gasteiger partial charge in [-0.25, -0.2) is 4.99 Å². The molecule has 0 saturated heterocycles. The van der Waals surface area contributed by atoms with Gasteiger partial charge in [-0.05, 0) is 17.9 Å². The van der Waals surface area contributed by atoms with Crippen LogP contribution in [0.1, 0.15) is 38.8 Å². The van der Waals surface area contributed by atoms with Crippen LogP contribution in [0.5, 0.6) is 0 Å². The number of nitrogens with zero attached hydrogens (tertiary/aromatic N) is 2. The predicted molar refractivity (Wildman–Crippen MR) is 88.0 cm³/mol. The Hall–Kier alpha value is -2.50. The Balaban J connectivity index is 2.71. The molecule has 1 aromatic rings. The summed E-state index contributed by atoms with van der Waals surface area (Å²) in [5.74, 6) is -0.596. The Morgan fingerprint density at radius 2 is 1.44 bits per heavy atom. The van der Waals surface area contributed by atoms with Crippen LogP contribution in [0.4, 0.5) is 26.3 Å². The monoisotopic (exact) mass is 389 g/mol. The van der Waals surface area contributed by atoms with Gasteiger partial charge in [0.25, 0.3) is 5.54 Å². The number of amidine groups is 1. The molecule has 0 saturated carbocycles. The number of nitrogens with one attached hydrogen (secondary N) is 1. The molecule has 0 aliphatic carbocycles. The summed E-state index contributed by atoms with van der Waals surface area (Å²) in [5, 5.41) is 11.4. The number of hydrogen-bond acceptors (Lipinski definition) is 3. The highest BCUT2D eigenvalue weighted by Gasteiger charge is 2.75. The lowest BCUT2D eigenvalue weighted by Crippen LogP contribution is -2.60. The van der Waals surface area contributed by atoms with E-state index in [-0.39, 0.29) is 11.0 Å². The Kier molecular flexibility index (Phi) is 4.85. The Labute approximate surface area is 152 Å². The molecule has 1 aromatic carbocycles. The summed E-state index contributed by atoms with van der Waals surface area (Å²) in [6.45, 7) is 6.75. The minimum absolute atomic E-state index is 0.0530. The van der Waals surface area contributed by atoms with Gasteiger partial charge in [-0.3, -0.25) is 0 Å². The first-order valence-electron chi connectivity index (χ1n) is 7.88. The average molecular weight is 389 g/mol. The van der Waals surface area contributed by atoms with E-state index in [4.69, 9.17) is 5.26 Å². The summed E-state index contributed by atoms with van der Waals surface area (Å²) < 4.78 is 81.4. The number of aliphatic imine (C=N–C) groups is 1. The molecule has 9 heteroatoms. The van der Waals surface area contributed by atoms with Gasteiger partial charge in [-0.1, -0.05) is 45.0 Å². The van der Waals surface area contributed by atoms with Gasteiger partial charge in [0.15, 0.2) is 0 Å². The van der Waals surface area contributed by atoms with Gasteiger partial charge in [0.2, 0.25) is 0 Å².